The third-order valence-corrected chi connectivity index (χ3v) is 1.86. The van der Waals surface area contributed by atoms with Gasteiger partial charge in [-0.2, -0.15) is 18.7 Å². The molecule has 0 heterocycles. The monoisotopic (exact) mass is 253 g/mol. The Morgan fingerprint density at radius 1 is 1.29 bits per heavy atom. The summed E-state index contributed by atoms with van der Waals surface area (Å²) >= 11 is 0. The topological polar surface area (TPSA) is 30.5 Å². The molecule has 0 amide bonds. The highest BCUT2D eigenvalue weighted by Crippen LogP contribution is 2.16. The molecule has 7 heteroatoms. The maximum Gasteiger partial charge on any atom is 0.413 e. The maximum atomic E-state index is 13.3. The molecule has 0 spiro atoms. The van der Waals surface area contributed by atoms with E-state index in [-0.39, 0.29) is 12.1 Å². The Hall–Kier alpha value is -1.34. The minimum absolute atomic E-state index is 0.161. The first-order valence-corrected chi connectivity index (χ1v) is 4.66. The predicted octanol–water partition coefficient (Wildman–Crippen LogP) is 2.42. The van der Waals surface area contributed by atoms with Gasteiger partial charge in [-0.05, 0) is 6.07 Å². The fraction of sp³-hybridized carbons (Fsp3) is 0.400. The molecule has 0 atom stereocenters. The molecule has 0 aliphatic heterocycles. The van der Waals surface area contributed by atoms with Gasteiger partial charge in [0.2, 0.25) is 0 Å². The summed E-state index contributed by atoms with van der Waals surface area (Å²) in [7, 11) is 1.39. The molecule has 1 rings (SSSR count). The summed E-state index contributed by atoms with van der Waals surface area (Å²) < 4.78 is 53.2. The van der Waals surface area contributed by atoms with Crippen LogP contribution >= 0.6 is 0 Å². The van der Waals surface area contributed by atoms with E-state index in [4.69, 9.17) is 4.74 Å². The molecule has 1 aromatic rings. The highest BCUT2D eigenvalue weighted by Gasteiger charge is 2.27. The van der Waals surface area contributed by atoms with Gasteiger partial charge in [0.15, 0.2) is 6.61 Å². The molecule has 0 saturated heterocycles. The van der Waals surface area contributed by atoms with Gasteiger partial charge in [0.25, 0.3) is 0 Å². The summed E-state index contributed by atoms with van der Waals surface area (Å²) in [4.78, 5) is 4.14. The Morgan fingerprint density at radius 2 is 2.00 bits per heavy atom. The van der Waals surface area contributed by atoms with Crippen molar-refractivity contribution in [1.29, 1.82) is 0 Å². The predicted molar refractivity (Wildman–Crippen MR) is 51.8 cm³/mol. The number of hydrogen-bond acceptors (Lipinski definition) is 3. The highest BCUT2D eigenvalue weighted by atomic mass is 19.4. The SMILES string of the molecule is COc1ccc(CNOCC(F)(F)F)c(F)c1. The van der Waals surface area contributed by atoms with E-state index in [1.807, 2.05) is 5.48 Å². The van der Waals surface area contributed by atoms with Crippen LogP contribution in [0.15, 0.2) is 18.2 Å². The number of methoxy groups -OCH3 is 1. The van der Waals surface area contributed by atoms with Crippen molar-refractivity contribution in [3.8, 4) is 5.75 Å². The zero-order valence-electron chi connectivity index (χ0n) is 8.97. The lowest BCUT2D eigenvalue weighted by atomic mass is 10.2. The lowest BCUT2D eigenvalue weighted by Gasteiger charge is -2.09. The van der Waals surface area contributed by atoms with Crippen molar-refractivity contribution in [3.05, 3.63) is 29.6 Å². The van der Waals surface area contributed by atoms with Crippen molar-refractivity contribution < 1.29 is 27.1 Å². The van der Waals surface area contributed by atoms with Crippen LogP contribution in [0.5, 0.6) is 5.75 Å². The summed E-state index contributed by atoms with van der Waals surface area (Å²) in [5, 5.41) is 0. The fourth-order valence-corrected chi connectivity index (χ4v) is 1.06. The first kappa shape index (κ1) is 13.7. The number of alkyl halides is 3. The summed E-state index contributed by atoms with van der Waals surface area (Å²) in [6.45, 7) is -1.59. The highest BCUT2D eigenvalue weighted by molar-refractivity contribution is 5.28. The van der Waals surface area contributed by atoms with Crippen LogP contribution in [-0.4, -0.2) is 19.9 Å². The number of ether oxygens (including phenoxy) is 1. The van der Waals surface area contributed by atoms with E-state index in [2.05, 4.69) is 4.84 Å². The van der Waals surface area contributed by atoms with Crippen LogP contribution in [0.1, 0.15) is 5.56 Å². The van der Waals surface area contributed by atoms with E-state index in [1.54, 1.807) is 0 Å². The number of benzene rings is 1. The van der Waals surface area contributed by atoms with Crippen LogP contribution in [0.2, 0.25) is 0 Å². The molecule has 0 unspecified atom stereocenters. The lowest BCUT2D eigenvalue weighted by molar-refractivity contribution is -0.190. The molecule has 0 aliphatic carbocycles. The lowest BCUT2D eigenvalue weighted by Crippen LogP contribution is -2.24. The van der Waals surface area contributed by atoms with Gasteiger partial charge in [0, 0.05) is 18.2 Å². The number of hydrogen-bond donors (Lipinski definition) is 1. The largest absolute Gasteiger partial charge is 0.497 e. The molecule has 1 N–H and O–H groups in total. The quantitative estimate of drug-likeness (QED) is 0.496. The minimum atomic E-state index is -4.41. The Labute approximate surface area is 95.3 Å². The number of nitrogens with one attached hydrogen (secondary N) is 1. The standard InChI is InChI=1S/C10H11F4NO2/c1-16-8-3-2-7(9(11)4-8)5-15-17-6-10(12,13)14/h2-4,15H,5-6H2,1H3. The molecular weight excluding hydrogens is 242 g/mol. The van der Waals surface area contributed by atoms with Gasteiger partial charge in [-0.15, -0.1) is 0 Å². The summed E-state index contributed by atoms with van der Waals surface area (Å²) in [6, 6.07) is 4.04. The number of rotatable bonds is 5. The van der Waals surface area contributed by atoms with Crippen molar-refractivity contribution in [2.24, 2.45) is 0 Å². The molecule has 0 aliphatic rings. The second-order valence-corrected chi connectivity index (χ2v) is 3.18. The van der Waals surface area contributed by atoms with E-state index < -0.39 is 18.6 Å². The maximum absolute atomic E-state index is 13.3. The normalized spacial score (nSPS) is 11.6. The zero-order valence-corrected chi connectivity index (χ0v) is 8.97. The molecule has 0 radical (unpaired) electrons. The molecule has 0 saturated carbocycles. The zero-order chi connectivity index (χ0) is 12.9. The average molecular weight is 253 g/mol. The van der Waals surface area contributed by atoms with Crippen LogP contribution in [0.4, 0.5) is 17.6 Å². The van der Waals surface area contributed by atoms with Crippen molar-refractivity contribution in [3.63, 3.8) is 0 Å². The van der Waals surface area contributed by atoms with Gasteiger partial charge in [0.05, 0.1) is 7.11 Å². The van der Waals surface area contributed by atoms with Gasteiger partial charge >= 0.3 is 6.18 Å². The van der Waals surface area contributed by atoms with Crippen LogP contribution < -0.4 is 10.2 Å². The molecular formula is C10H11F4NO2. The molecule has 0 aromatic heterocycles. The Kier molecular flexibility index (Phi) is 4.71. The smallest absolute Gasteiger partial charge is 0.413 e. The van der Waals surface area contributed by atoms with Gasteiger partial charge < -0.3 is 4.74 Å². The third-order valence-electron chi connectivity index (χ3n) is 1.86. The van der Waals surface area contributed by atoms with Crippen LogP contribution in [0.25, 0.3) is 0 Å². The van der Waals surface area contributed by atoms with Crippen LogP contribution in [0, 0.1) is 5.82 Å². The number of hydroxylamine groups is 1. The van der Waals surface area contributed by atoms with E-state index >= 15 is 0 Å². The Morgan fingerprint density at radius 3 is 2.53 bits per heavy atom. The molecule has 96 valence electrons. The second-order valence-electron chi connectivity index (χ2n) is 3.18. The van der Waals surface area contributed by atoms with Crippen LogP contribution in [0.3, 0.4) is 0 Å². The van der Waals surface area contributed by atoms with Crippen molar-refractivity contribution in [2.45, 2.75) is 12.7 Å². The Balaban J connectivity index is 2.42. The molecule has 0 fully saturated rings. The van der Waals surface area contributed by atoms with Crippen molar-refractivity contribution in [2.75, 3.05) is 13.7 Å². The summed E-state index contributed by atoms with van der Waals surface area (Å²) in [6.07, 6.45) is -4.41. The van der Waals surface area contributed by atoms with E-state index in [0.717, 1.165) is 6.07 Å². The fourth-order valence-electron chi connectivity index (χ4n) is 1.06. The average Bonchev–Trinajstić information content (AvgIpc) is 2.24. The van der Waals surface area contributed by atoms with E-state index in [1.165, 1.54) is 19.2 Å². The van der Waals surface area contributed by atoms with Gasteiger partial charge in [-0.25, -0.2) is 4.39 Å². The summed E-state index contributed by atoms with van der Waals surface area (Å²) in [5.41, 5.74) is 2.22. The van der Waals surface area contributed by atoms with Crippen molar-refractivity contribution >= 4 is 0 Å². The molecule has 0 bridgehead atoms. The molecule has 3 nitrogen and oxygen atoms in total. The first-order valence-electron chi connectivity index (χ1n) is 4.66. The van der Waals surface area contributed by atoms with Crippen LogP contribution in [-0.2, 0) is 11.4 Å². The Bertz CT molecular complexity index is 368. The van der Waals surface area contributed by atoms with E-state index in [0.29, 0.717) is 5.75 Å². The third kappa shape index (κ3) is 5.01. The van der Waals surface area contributed by atoms with Gasteiger partial charge in [0.1, 0.15) is 11.6 Å². The molecule has 1 aromatic carbocycles. The summed E-state index contributed by atoms with van der Waals surface area (Å²) in [5.74, 6) is -0.241. The first-order chi connectivity index (χ1) is 7.92. The minimum Gasteiger partial charge on any atom is -0.497 e. The second kappa shape index (κ2) is 5.83. The van der Waals surface area contributed by atoms with Gasteiger partial charge in [-0.1, -0.05) is 6.07 Å². The number of halogens is 4. The molecule has 17 heavy (non-hydrogen) atoms. The van der Waals surface area contributed by atoms with Gasteiger partial charge in [-0.3, -0.25) is 4.84 Å². The van der Waals surface area contributed by atoms with Crippen molar-refractivity contribution in [1.82, 2.24) is 5.48 Å². The van der Waals surface area contributed by atoms with E-state index in [9.17, 15) is 17.6 Å².